The fourth-order valence-corrected chi connectivity index (χ4v) is 3.46. The number of alkyl halides is 3. The van der Waals surface area contributed by atoms with E-state index in [1.807, 2.05) is 0 Å². The van der Waals surface area contributed by atoms with Crippen LogP contribution in [0.3, 0.4) is 0 Å². The third kappa shape index (κ3) is 5.04. The number of rotatable bonds is 5. The number of hydrogen-bond donors (Lipinski definition) is 2. The van der Waals surface area contributed by atoms with E-state index < -0.39 is 37.6 Å². The first-order valence-corrected chi connectivity index (χ1v) is 9.15. The van der Waals surface area contributed by atoms with Crippen LogP contribution in [0.15, 0.2) is 41.3 Å². The van der Waals surface area contributed by atoms with Crippen LogP contribution in [0.4, 0.5) is 24.5 Å². The smallest absolute Gasteiger partial charge is 0.417 e. The molecular weight excluding hydrogens is 409 g/mol. The van der Waals surface area contributed by atoms with Crippen molar-refractivity contribution in [2.75, 3.05) is 17.1 Å². The minimum Gasteiger partial charge on any atom is -0.495 e. The molecule has 0 aliphatic heterocycles. The molecule has 0 aliphatic rings. The van der Waals surface area contributed by atoms with Gasteiger partial charge < -0.3 is 10.1 Å². The Morgan fingerprint density at radius 2 is 1.81 bits per heavy atom. The highest BCUT2D eigenvalue weighted by atomic mass is 35.5. The van der Waals surface area contributed by atoms with E-state index in [2.05, 4.69) is 10.0 Å². The van der Waals surface area contributed by atoms with Gasteiger partial charge >= 0.3 is 6.18 Å². The number of ether oxygens (including phenoxy) is 1. The Kier molecular flexibility index (Phi) is 5.91. The number of nitrogens with one attached hydrogen (secondary N) is 2. The molecule has 0 fully saturated rings. The topological polar surface area (TPSA) is 84.5 Å². The van der Waals surface area contributed by atoms with Crippen molar-refractivity contribution in [3.63, 3.8) is 0 Å². The van der Waals surface area contributed by atoms with E-state index in [4.69, 9.17) is 16.3 Å². The third-order valence-electron chi connectivity index (χ3n) is 3.32. The molecule has 11 heteroatoms. The lowest BCUT2D eigenvalue weighted by Crippen LogP contribution is -2.15. The van der Waals surface area contributed by atoms with Crippen LogP contribution in [0, 0.1) is 0 Å². The quantitative estimate of drug-likeness (QED) is 0.758. The third-order valence-corrected chi connectivity index (χ3v) is 5.02. The molecule has 0 unspecified atom stereocenters. The summed E-state index contributed by atoms with van der Waals surface area (Å²) in [6, 6.07) is 6.27. The predicted octanol–water partition coefficient (Wildman–Crippen LogP) is 4.13. The molecule has 0 spiro atoms. The van der Waals surface area contributed by atoms with E-state index in [-0.39, 0.29) is 17.1 Å². The minimum absolute atomic E-state index is 0.0167. The average molecular weight is 423 g/mol. The number of hydrogen-bond acceptors (Lipinski definition) is 4. The van der Waals surface area contributed by atoms with E-state index in [0.717, 1.165) is 12.1 Å². The Morgan fingerprint density at radius 3 is 2.37 bits per heavy atom. The molecule has 0 aromatic heterocycles. The van der Waals surface area contributed by atoms with Crippen LogP contribution in [0.1, 0.15) is 12.5 Å². The van der Waals surface area contributed by atoms with E-state index in [1.165, 1.54) is 32.2 Å². The van der Waals surface area contributed by atoms with Crippen LogP contribution in [-0.2, 0) is 21.0 Å². The molecule has 2 aromatic carbocycles. The van der Waals surface area contributed by atoms with Gasteiger partial charge in [0, 0.05) is 6.92 Å². The second kappa shape index (κ2) is 7.65. The van der Waals surface area contributed by atoms with Crippen LogP contribution < -0.4 is 14.8 Å². The number of sulfonamides is 1. The summed E-state index contributed by atoms with van der Waals surface area (Å²) < 4.78 is 70.9. The van der Waals surface area contributed by atoms with Crippen LogP contribution >= 0.6 is 11.6 Å². The molecule has 1 amide bonds. The molecule has 27 heavy (non-hydrogen) atoms. The summed E-state index contributed by atoms with van der Waals surface area (Å²) in [6.45, 7) is 1.25. The summed E-state index contributed by atoms with van der Waals surface area (Å²) in [4.78, 5) is 10.6. The number of methoxy groups -OCH3 is 1. The number of carbonyl (C=O) groups is 1. The van der Waals surface area contributed by atoms with E-state index in [1.54, 1.807) is 0 Å². The Bertz CT molecular complexity index is 978. The van der Waals surface area contributed by atoms with Crippen LogP contribution in [0.2, 0.25) is 5.02 Å². The lowest BCUT2D eigenvalue weighted by atomic mass is 10.2. The first-order chi connectivity index (χ1) is 12.4. The molecule has 2 N–H and O–H groups in total. The van der Waals surface area contributed by atoms with E-state index in [0.29, 0.717) is 6.07 Å². The Morgan fingerprint density at radius 1 is 1.15 bits per heavy atom. The van der Waals surface area contributed by atoms with Crippen molar-refractivity contribution in [1.82, 2.24) is 0 Å². The summed E-state index contributed by atoms with van der Waals surface area (Å²) in [5.74, 6) is -0.139. The van der Waals surface area contributed by atoms with Gasteiger partial charge in [0.05, 0.1) is 34.0 Å². The van der Waals surface area contributed by atoms with Gasteiger partial charge in [-0.1, -0.05) is 11.6 Å². The molecule has 6 nitrogen and oxygen atoms in total. The van der Waals surface area contributed by atoms with Gasteiger partial charge in [0.2, 0.25) is 5.91 Å². The normalized spacial score (nSPS) is 11.8. The maximum absolute atomic E-state index is 12.9. The van der Waals surface area contributed by atoms with Gasteiger partial charge in [-0.3, -0.25) is 9.52 Å². The molecule has 0 radical (unpaired) electrons. The average Bonchev–Trinajstić information content (AvgIpc) is 2.53. The van der Waals surface area contributed by atoms with Crippen LogP contribution in [0.5, 0.6) is 5.75 Å². The van der Waals surface area contributed by atoms with Gasteiger partial charge in [0.15, 0.2) is 0 Å². The lowest BCUT2D eigenvalue weighted by molar-refractivity contribution is -0.137. The van der Waals surface area contributed by atoms with Gasteiger partial charge in [-0.25, -0.2) is 8.42 Å². The number of benzene rings is 2. The molecule has 0 saturated carbocycles. The molecule has 0 heterocycles. The molecule has 2 rings (SSSR count). The van der Waals surface area contributed by atoms with Crippen molar-refractivity contribution in [3.05, 3.63) is 47.0 Å². The maximum atomic E-state index is 12.9. The molecule has 0 aliphatic carbocycles. The first-order valence-electron chi connectivity index (χ1n) is 7.29. The number of anilines is 2. The second-order valence-corrected chi connectivity index (χ2v) is 7.43. The number of halogens is 4. The first kappa shape index (κ1) is 20.8. The van der Waals surface area contributed by atoms with Gasteiger partial charge in [-0.15, -0.1) is 0 Å². The minimum atomic E-state index is -4.80. The largest absolute Gasteiger partial charge is 0.495 e. The van der Waals surface area contributed by atoms with Crippen molar-refractivity contribution in [2.45, 2.75) is 18.0 Å². The van der Waals surface area contributed by atoms with Gasteiger partial charge in [0.25, 0.3) is 10.0 Å². The van der Waals surface area contributed by atoms with Gasteiger partial charge in [0.1, 0.15) is 5.75 Å². The summed E-state index contributed by atoms with van der Waals surface area (Å²) in [5, 5.41) is 1.85. The van der Waals surface area contributed by atoms with Crippen molar-refractivity contribution >= 4 is 38.9 Å². The van der Waals surface area contributed by atoms with Crippen molar-refractivity contribution in [3.8, 4) is 5.75 Å². The Hall–Kier alpha value is -2.46. The highest BCUT2D eigenvalue weighted by molar-refractivity contribution is 7.92. The SMILES string of the molecule is COc1ccc(NS(=O)(=O)c2ccc(Cl)c(C(F)(F)F)c2)cc1NC(C)=O. The van der Waals surface area contributed by atoms with Gasteiger partial charge in [-0.05, 0) is 36.4 Å². The summed E-state index contributed by atoms with van der Waals surface area (Å²) in [7, 11) is -2.98. The van der Waals surface area contributed by atoms with Crippen LogP contribution in [0.25, 0.3) is 0 Å². The summed E-state index contributed by atoms with van der Waals surface area (Å²) >= 11 is 5.50. The Balaban J connectivity index is 2.41. The maximum Gasteiger partial charge on any atom is 0.417 e. The van der Waals surface area contributed by atoms with E-state index >= 15 is 0 Å². The highest BCUT2D eigenvalue weighted by Gasteiger charge is 2.34. The molecule has 2 aromatic rings. The monoisotopic (exact) mass is 422 g/mol. The Labute approximate surface area is 158 Å². The molecule has 146 valence electrons. The van der Waals surface area contributed by atoms with Crippen LogP contribution in [-0.4, -0.2) is 21.4 Å². The zero-order chi connectivity index (χ0) is 20.4. The molecule has 0 bridgehead atoms. The van der Waals surface area contributed by atoms with E-state index in [9.17, 15) is 26.4 Å². The molecular formula is C16H14ClF3N2O4S. The van der Waals surface area contributed by atoms with Gasteiger partial charge in [-0.2, -0.15) is 13.2 Å². The second-order valence-electron chi connectivity index (χ2n) is 5.34. The molecule has 0 saturated heterocycles. The number of carbonyl (C=O) groups excluding carboxylic acids is 1. The summed E-state index contributed by atoms with van der Waals surface area (Å²) in [6.07, 6.45) is -4.80. The zero-order valence-corrected chi connectivity index (χ0v) is 15.6. The predicted molar refractivity (Wildman–Crippen MR) is 94.6 cm³/mol. The highest BCUT2D eigenvalue weighted by Crippen LogP contribution is 2.36. The number of amides is 1. The lowest BCUT2D eigenvalue weighted by Gasteiger charge is -2.14. The zero-order valence-electron chi connectivity index (χ0n) is 14.0. The van der Waals surface area contributed by atoms with Crippen molar-refractivity contribution in [1.29, 1.82) is 0 Å². The molecule has 0 atom stereocenters. The fraction of sp³-hybridized carbons (Fsp3) is 0.188. The fourth-order valence-electron chi connectivity index (χ4n) is 2.16. The van der Waals surface area contributed by atoms with Crippen molar-refractivity contribution < 1.29 is 31.1 Å². The van der Waals surface area contributed by atoms with Crippen molar-refractivity contribution in [2.24, 2.45) is 0 Å². The standard InChI is InChI=1S/C16H14ClF3N2O4S/c1-9(23)21-14-7-10(3-6-15(14)26-2)22-27(24,25)11-4-5-13(17)12(8-11)16(18,19)20/h3-8,22H,1-2H3,(H,21,23). The summed E-state index contributed by atoms with van der Waals surface area (Å²) in [5.41, 5.74) is -1.05.